The molecule has 1 aromatic heterocycles. The Kier molecular flexibility index (Phi) is 3.93. The van der Waals surface area contributed by atoms with Gasteiger partial charge in [-0.1, -0.05) is 0 Å². The summed E-state index contributed by atoms with van der Waals surface area (Å²) in [6.45, 7) is 2.15. The molecule has 1 atom stereocenters. The fraction of sp³-hybridized carbons (Fsp3) is 0.500. The Morgan fingerprint density at radius 1 is 1.71 bits per heavy atom. The van der Waals surface area contributed by atoms with Gasteiger partial charge in [0.05, 0.1) is 13.7 Å². The highest BCUT2D eigenvalue weighted by Crippen LogP contribution is 2.14. The number of methoxy groups -OCH3 is 1. The van der Waals surface area contributed by atoms with Crippen LogP contribution < -0.4 is 10.1 Å². The molecular formula is C12H16N2O3. The highest BCUT2D eigenvalue weighted by atomic mass is 16.5. The number of carbonyl (C=O) groups is 1. The molecule has 1 aliphatic heterocycles. The van der Waals surface area contributed by atoms with Crippen molar-refractivity contribution >= 4 is 5.91 Å². The van der Waals surface area contributed by atoms with Crippen LogP contribution in [0.3, 0.4) is 0 Å². The predicted octanol–water partition coefficient (Wildman–Crippen LogP) is 0.856. The lowest BCUT2D eigenvalue weighted by atomic mass is 10.1. The molecule has 0 spiro atoms. The van der Waals surface area contributed by atoms with Crippen molar-refractivity contribution in [2.45, 2.75) is 6.42 Å². The maximum absolute atomic E-state index is 11.9. The summed E-state index contributed by atoms with van der Waals surface area (Å²) in [6.07, 6.45) is 2.60. The molecule has 2 rings (SSSR count). The van der Waals surface area contributed by atoms with Crippen molar-refractivity contribution in [1.29, 1.82) is 0 Å². The topological polar surface area (TPSA) is 60.5 Å². The van der Waals surface area contributed by atoms with Crippen molar-refractivity contribution in [3.8, 4) is 5.88 Å². The highest BCUT2D eigenvalue weighted by molar-refractivity contribution is 5.96. The number of rotatable bonds is 4. The fourth-order valence-electron chi connectivity index (χ4n) is 1.80. The normalized spacial score (nSPS) is 19.0. The summed E-state index contributed by atoms with van der Waals surface area (Å²) >= 11 is 0. The first kappa shape index (κ1) is 11.9. The number of hydrogen-bond acceptors (Lipinski definition) is 4. The van der Waals surface area contributed by atoms with E-state index in [2.05, 4.69) is 10.3 Å². The Morgan fingerprint density at radius 3 is 3.29 bits per heavy atom. The summed E-state index contributed by atoms with van der Waals surface area (Å²) in [7, 11) is 1.50. The number of nitrogens with zero attached hydrogens (tertiary/aromatic N) is 1. The molecule has 0 unspecified atom stereocenters. The molecule has 0 aliphatic carbocycles. The van der Waals surface area contributed by atoms with Crippen LogP contribution >= 0.6 is 0 Å². The van der Waals surface area contributed by atoms with E-state index in [9.17, 15) is 4.79 Å². The van der Waals surface area contributed by atoms with Gasteiger partial charge in [-0.15, -0.1) is 0 Å². The van der Waals surface area contributed by atoms with Gasteiger partial charge in [-0.2, -0.15) is 0 Å². The fourth-order valence-corrected chi connectivity index (χ4v) is 1.80. The monoisotopic (exact) mass is 236 g/mol. The van der Waals surface area contributed by atoms with Crippen molar-refractivity contribution in [3.63, 3.8) is 0 Å². The van der Waals surface area contributed by atoms with Crippen molar-refractivity contribution < 1.29 is 14.3 Å². The van der Waals surface area contributed by atoms with E-state index in [4.69, 9.17) is 9.47 Å². The molecule has 1 aromatic rings. The first-order valence-corrected chi connectivity index (χ1v) is 5.66. The van der Waals surface area contributed by atoms with E-state index in [1.54, 1.807) is 18.3 Å². The summed E-state index contributed by atoms with van der Waals surface area (Å²) in [5, 5.41) is 2.88. The van der Waals surface area contributed by atoms with Gasteiger partial charge in [0.2, 0.25) is 5.88 Å². The lowest BCUT2D eigenvalue weighted by Gasteiger charge is -2.10. The molecule has 1 amide bonds. The number of amides is 1. The minimum Gasteiger partial charge on any atom is -0.480 e. The molecule has 0 bridgehead atoms. The standard InChI is InChI=1S/C12H16N2O3/c1-16-12-10(3-2-5-13-12)11(15)14-7-9-4-6-17-8-9/h2-3,5,9H,4,6-8H2,1H3,(H,14,15)/t9-/m0/s1. The summed E-state index contributed by atoms with van der Waals surface area (Å²) in [4.78, 5) is 15.9. The molecule has 0 saturated carbocycles. The third-order valence-corrected chi connectivity index (χ3v) is 2.78. The van der Waals surface area contributed by atoms with E-state index in [1.807, 2.05) is 0 Å². The lowest BCUT2D eigenvalue weighted by Crippen LogP contribution is -2.29. The van der Waals surface area contributed by atoms with E-state index in [0.29, 0.717) is 23.9 Å². The zero-order valence-electron chi connectivity index (χ0n) is 9.81. The van der Waals surface area contributed by atoms with Gasteiger partial charge < -0.3 is 14.8 Å². The summed E-state index contributed by atoms with van der Waals surface area (Å²) in [5.74, 6) is 0.621. The maximum Gasteiger partial charge on any atom is 0.256 e. The van der Waals surface area contributed by atoms with Crippen LogP contribution in [0.25, 0.3) is 0 Å². The minimum absolute atomic E-state index is 0.151. The van der Waals surface area contributed by atoms with E-state index >= 15 is 0 Å². The molecule has 5 nitrogen and oxygen atoms in total. The van der Waals surface area contributed by atoms with Crippen molar-refractivity contribution in [1.82, 2.24) is 10.3 Å². The van der Waals surface area contributed by atoms with Gasteiger partial charge in [0.25, 0.3) is 5.91 Å². The Balaban J connectivity index is 1.94. The Hall–Kier alpha value is -1.62. The maximum atomic E-state index is 11.9. The van der Waals surface area contributed by atoms with E-state index < -0.39 is 0 Å². The van der Waals surface area contributed by atoms with Crippen LogP contribution in [0, 0.1) is 5.92 Å². The van der Waals surface area contributed by atoms with Crippen LogP contribution in [0.4, 0.5) is 0 Å². The van der Waals surface area contributed by atoms with Crippen LogP contribution in [0.15, 0.2) is 18.3 Å². The second-order valence-electron chi connectivity index (χ2n) is 4.00. The van der Waals surface area contributed by atoms with Crippen LogP contribution in [0.5, 0.6) is 5.88 Å². The van der Waals surface area contributed by atoms with Gasteiger partial charge in [-0.25, -0.2) is 4.98 Å². The Morgan fingerprint density at radius 2 is 2.59 bits per heavy atom. The molecule has 1 aliphatic rings. The van der Waals surface area contributed by atoms with Crippen LogP contribution in [0.1, 0.15) is 16.8 Å². The number of ether oxygens (including phenoxy) is 2. The van der Waals surface area contributed by atoms with Crippen molar-refractivity contribution in [2.24, 2.45) is 5.92 Å². The molecule has 17 heavy (non-hydrogen) atoms. The third kappa shape index (κ3) is 2.94. The zero-order valence-corrected chi connectivity index (χ0v) is 9.81. The number of carbonyl (C=O) groups excluding carboxylic acids is 1. The van der Waals surface area contributed by atoms with Gasteiger partial charge in [0, 0.05) is 25.3 Å². The number of nitrogens with one attached hydrogen (secondary N) is 1. The molecule has 1 fully saturated rings. The predicted molar refractivity (Wildman–Crippen MR) is 62.0 cm³/mol. The minimum atomic E-state index is -0.151. The third-order valence-electron chi connectivity index (χ3n) is 2.78. The lowest BCUT2D eigenvalue weighted by molar-refractivity contribution is 0.0941. The number of hydrogen-bond donors (Lipinski definition) is 1. The van der Waals surface area contributed by atoms with Crippen molar-refractivity contribution in [2.75, 3.05) is 26.9 Å². The second-order valence-corrected chi connectivity index (χ2v) is 4.00. The molecule has 1 N–H and O–H groups in total. The Bertz CT molecular complexity index is 389. The Labute approximate surface area is 100 Å². The first-order chi connectivity index (χ1) is 8.31. The largest absolute Gasteiger partial charge is 0.480 e. The van der Waals surface area contributed by atoms with Crippen LogP contribution in [0.2, 0.25) is 0 Å². The smallest absolute Gasteiger partial charge is 0.256 e. The van der Waals surface area contributed by atoms with Crippen LogP contribution in [-0.2, 0) is 4.74 Å². The average molecular weight is 236 g/mol. The summed E-state index contributed by atoms with van der Waals surface area (Å²) in [5.41, 5.74) is 0.467. The second kappa shape index (κ2) is 5.63. The first-order valence-electron chi connectivity index (χ1n) is 5.66. The van der Waals surface area contributed by atoms with Gasteiger partial charge in [0.15, 0.2) is 0 Å². The van der Waals surface area contributed by atoms with E-state index in [-0.39, 0.29) is 5.91 Å². The quantitative estimate of drug-likeness (QED) is 0.842. The van der Waals surface area contributed by atoms with E-state index in [0.717, 1.165) is 19.6 Å². The molecule has 1 saturated heterocycles. The molecule has 0 radical (unpaired) electrons. The summed E-state index contributed by atoms with van der Waals surface area (Å²) in [6, 6.07) is 3.42. The van der Waals surface area contributed by atoms with Gasteiger partial charge in [-0.05, 0) is 18.6 Å². The molecule has 2 heterocycles. The molecule has 92 valence electrons. The van der Waals surface area contributed by atoms with E-state index in [1.165, 1.54) is 7.11 Å². The molecular weight excluding hydrogens is 220 g/mol. The molecule has 0 aromatic carbocycles. The van der Waals surface area contributed by atoms with Crippen molar-refractivity contribution in [3.05, 3.63) is 23.9 Å². The van der Waals surface area contributed by atoms with Crippen LogP contribution in [-0.4, -0.2) is 37.8 Å². The van der Waals surface area contributed by atoms with Gasteiger partial charge in [0.1, 0.15) is 5.56 Å². The zero-order chi connectivity index (χ0) is 12.1. The average Bonchev–Trinajstić information content (AvgIpc) is 2.89. The highest BCUT2D eigenvalue weighted by Gasteiger charge is 2.18. The van der Waals surface area contributed by atoms with Gasteiger partial charge >= 0.3 is 0 Å². The number of pyridine rings is 1. The SMILES string of the molecule is COc1ncccc1C(=O)NC[C@@H]1CCOC1. The van der Waals surface area contributed by atoms with Gasteiger partial charge in [-0.3, -0.25) is 4.79 Å². The number of aromatic nitrogens is 1. The molecule has 5 heteroatoms. The summed E-state index contributed by atoms with van der Waals surface area (Å²) < 4.78 is 10.3.